The SMILES string of the molecule is O=S(=O)(CCCO)c1cccc(Oc2cccc(-c3ncnc4c(C(F)(F)F)cccc34)c2)c1. The van der Waals surface area contributed by atoms with Crippen molar-refractivity contribution in [3.8, 4) is 22.8 Å². The Morgan fingerprint density at radius 3 is 2.35 bits per heavy atom. The average Bonchev–Trinajstić information content (AvgIpc) is 2.82. The van der Waals surface area contributed by atoms with Gasteiger partial charge in [0.05, 0.1) is 27.4 Å². The Labute approximate surface area is 193 Å². The first-order valence-electron chi connectivity index (χ1n) is 10.2. The summed E-state index contributed by atoms with van der Waals surface area (Å²) in [5, 5.41) is 9.16. The first-order chi connectivity index (χ1) is 16.2. The number of hydrogen-bond donors (Lipinski definition) is 1. The van der Waals surface area contributed by atoms with Crippen LogP contribution in [0, 0.1) is 0 Å². The van der Waals surface area contributed by atoms with Gasteiger partial charge in [0.2, 0.25) is 0 Å². The van der Waals surface area contributed by atoms with Crippen LogP contribution in [0.3, 0.4) is 0 Å². The summed E-state index contributed by atoms with van der Waals surface area (Å²) in [5.74, 6) is 0.429. The van der Waals surface area contributed by atoms with E-state index in [4.69, 9.17) is 9.84 Å². The lowest BCUT2D eigenvalue weighted by Crippen LogP contribution is -2.08. The Morgan fingerprint density at radius 2 is 1.62 bits per heavy atom. The number of aromatic nitrogens is 2. The summed E-state index contributed by atoms with van der Waals surface area (Å²) < 4.78 is 70.9. The Morgan fingerprint density at radius 1 is 0.912 bits per heavy atom. The molecule has 10 heteroatoms. The third kappa shape index (κ3) is 5.02. The van der Waals surface area contributed by atoms with Crippen molar-refractivity contribution in [3.63, 3.8) is 0 Å². The lowest BCUT2D eigenvalue weighted by Gasteiger charge is -2.12. The van der Waals surface area contributed by atoms with Crippen LogP contribution in [0.2, 0.25) is 0 Å². The van der Waals surface area contributed by atoms with Crippen LogP contribution < -0.4 is 4.74 Å². The number of hydrogen-bond acceptors (Lipinski definition) is 6. The molecule has 1 N–H and O–H groups in total. The van der Waals surface area contributed by atoms with Crippen LogP contribution in [0.1, 0.15) is 12.0 Å². The maximum atomic E-state index is 13.4. The topological polar surface area (TPSA) is 89.4 Å². The van der Waals surface area contributed by atoms with E-state index in [1.165, 1.54) is 24.3 Å². The molecule has 0 spiro atoms. The van der Waals surface area contributed by atoms with E-state index in [9.17, 15) is 21.6 Å². The van der Waals surface area contributed by atoms with Crippen LogP contribution in [0.5, 0.6) is 11.5 Å². The Kier molecular flexibility index (Phi) is 6.54. The number of ether oxygens (including phenoxy) is 1. The van der Waals surface area contributed by atoms with Gasteiger partial charge in [0.25, 0.3) is 0 Å². The predicted molar refractivity (Wildman–Crippen MR) is 120 cm³/mol. The van der Waals surface area contributed by atoms with E-state index in [1.807, 2.05) is 0 Å². The van der Waals surface area contributed by atoms with Gasteiger partial charge in [-0.25, -0.2) is 18.4 Å². The van der Waals surface area contributed by atoms with E-state index in [0.717, 1.165) is 12.4 Å². The lowest BCUT2D eigenvalue weighted by molar-refractivity contribution is -0.136. The van der Waals surface area contributed by atoms with Gasteiger partial charge in [-0.05, 0) is 42.8 Å². The standard InChI is InChI=1S/C24H19F3N2O4S/c25-24(26,27)21-10-3-9-20-22(28-15-29-23(20)21)16-5-1-6-17(13-16)33-18-7-2-8-19(14-18)34(31,32)12-4-11-30/h1-3,5-10,13-15,30H,4,11-12H2. The van der Waals surface area contributed by atoms with Crippen LogP contribution in [0.25, 0.3) is 22.2 Å². The van der Waals surface area contributed by atoms with Gasteiger partial charge in [0, 0.05) is 17.6 Å². The number of benzene rings is 3. The molecule has 0 radical (unpaired) electrons. The summed E-state index contributed by atoms with van der Waals surface area (Å²) in [5.41, 5.74) is -0.231. The van der Waals surface area contributed by atoms with Crippen molar-refractivity contribution in [2.45, 2.75) is 17.5 Å². The number of halogens is 3. The van der Waals surface area contributed by atoms with E-state index in [0.29, 0.717) is 17.0 Å². The molecule has 0 saturated heterocycles. The molecule has 1 heterocycles. The highest BCUT2D eigenvalue weighted by atomic mass is 32.2. The van der Waals surface area contributed by atoms with E-state index in [1.54, 1.807) is 36.4 Å². The van der Waals surface area contributed by atoms with Gasteiger partial charge in [0.15, 0.2) is 9.84 Å². The number of aliphatic hydroxyl groups excluding tert-OH is 1. The minimum absolute atomic E-state index is 0.0658. The molecule has 0 unspecified atom stereocenters. The van der Waals surface area contributed by atoms with Gasteiger partial charge < -0.3 is 9.84 Å². The average molecular weight is 488 g/mol. The monoisotopic (exact) mass is 488 g/mol. The molecule has 0 amide bonds. The molecule has 0 aliphatic rings. The Bertz CT molecular complexity index is 1440. The fraction of sp³-hybridized carbons (Fsp3) is 0.167. The second-order valence-corrected chi connectivity index (χ2v) is 9.53. The van der Waals surface area contributed by atoms with Crippen LogP contribution >= 0.6 is 0 Å². The first-order valence-corrected chi connectivity index (χ1v) is 11.9. The van der Waals surface area contributed by atoms with E-state index in [-0.39, 0.29) is 40.3 Å². The molecule has 1 aromatic heterocycles. The summed E-state index contributed by atoms with van der Waals surface area (Å²) >= 11 is 0. The maximum absolute atomic E-state index is 13.4. The molecule has 0 bridgehead atoms. The molecule has 34 heavy (non-hydrogen) atoms. The number of para-hydroxylation sites is 1. The molecule has 0 aliphatic heterocycles. The summed E-state index contributed by atoms with van der Waals surface area (Å²) in [7, 11) is -3.58. The molecule has 0 aliphatic carbocycles. The van der Waals surface area contributed by atoms with E-state index < -0.39 is 21.6 Å². The summed E-state index contributed by atoms with van der Waals surface area (Å²) in [6.45, 7) is -0.232. The Hall–Kier alpha value is -3.50. The summed E-state index contributed by atoms with van der Waals surface area (Å²) in [4.78, 5) is 8.10. The quantitative estimate of drug-likeness (QED) is 0.382. The van der Waals surface area contributed by atoms with Crippen LogP contribution in [-0.2, 0) is 16.0 Å². The molecule has 0 fully saturated rings. The zero-order chi connectivity index (χ0) is 24.3. The number of aliphatic hydroxyl groups is 1. The van der Waals surface area contributed by atoms with E-state index in [2.05, 4.69) is 9.97 Å². The Balaban J connectivity index is 1.68. The maximum Gasteiger partial charge on any atom is 0.418 e. The third-order valence-electron chi connectivity index (χ3n) is 5.05. The van der Waals surface area contributed by atoms with Crippen molar-refractivity contribution < 1.29 is 31.4 Å². The number of rotatable bonds is 7. The second-order valence-electron chi connectivity index (χ2n) is 7.42. The highest BCUT2D eigenvalue weighted by Gasteiger charge is 2.33. The van der Waals surface area contributed by atoms with Gasteiger partial charge in [-0.3, -0.25) is 0 Å². The van der Waals surface area contributed by atoms with Crippen molar-refractivity contribution in [1.29, 1.82) is 0 Å². The molecule has 4 rings (SSSR count). The fourth-order valence-electron chi connectivity index (χ4n) is 3.49. The zero-order valence-corrected chi connectivity index (χ0v) is 18.5. The lowest BCUT2D eigenvalue weighted by atomic mass is 10.0. The molecule has 4 aromatic rings. The predicted octanol–water partition coefficient (Wildman–Crippen LogP) is 5.26. The normalized spacial score (nSPS) is 12.1. The zero-order valence-electron chi connectivity index (χ0n) is 17.7. The van der Waals surface area contributed by atoms with Gasteiger partial charge in [0.1, 0.15) is 17.8 Å². The van der Waals surface area contributed by atoms with Crippen molar-refractivity contribution >= 4 is 20.7 Å². The van der Waals surface area contributed by atoms with Gasteiger partial charge in [-0.1, -0.05) is 30.3 Å². The van der Waals surface area contributed by atoms with Crippen LogP contribution in [0.15, 0.2) is 78.0 Å². The highest BCUT2D eigenvalue weighted by Crippen LogP contribution is 2.37. The minimum Gasteiger partial charge on any atom is -0.457 e. The molecule has 3 aromatic carbocycles. The summed E-state index contributed by atoms with van der Waals surface area (Å²) in [6.07, 6.45) is -3.35. The summed E-state index contributed by atoms with van der Waals surface area (Å²) in [6, 6.07) is 16.4. The molecule has 0 saturated carbocycles. The first kappa shape index (κ1) is 23.7. The molecule has 176 valence electrons. The van der Waals surface area contributed by atoms with Crippen LogP contribution in [0.4, 0.5) is 13.2 Å². The molecular formula is C24H19F3N2O4S. The van der Waals surface area contributed by atoms with Crippen molar-refractivity contribution in [3.05, 3.63) is 78.6 Å². The van der Waals surface area contributed by atoms with Crippen LogP contribution in [-0.4, -0.2) is 35.9 Å². The van der Waals surface area contributed by atoms with Gasteiger partial charge in [-0.2, -0.15) is 13.2 Å². The smallest absolute Gasteiger partial charge is 0.418 e. The second kappa shape index (κ2) is 9.40. The molecule has 0 atom stereocenters. The number of fused-ring (bicyclic) bond motifs is 1. The number of nitrogens with zero attached hydrogens (tertiary/aromatic N) is 2. The van der Waals surface area contributed by atoms with Gasteiger partial charge in [-0.15, -0.1) is 0 Å². The largest absolute Gasteiger partial charge is 0.457 e. The highest BCUT2D eigenvalue weighted by molar-refractivity contribution is 7.91. The number of sulfone groups is 1. The third-order valence-corrected chi connectivity index (χ3v) is 6.85. The molecular weight excluding hydrogens is 469 g/mol. The number of alkyl halides is 3. The van der Waals surface area contributed by atoms with Gasteiger partial charge >= 0.3 is 6.18 Å². The van der Waals surface area contributed by atoms with Crippen molar-refractivity contribution in [2.75, 3.05) is 12.4 Å². The molecule has 6 nitrogen and oxygen atoms in total. The van der Waals surface area contributed by atoms with Crippen molar-refractivity contribution in [2.24, 2.45) is 0 Å². The van der Waals surface area contributed by atoms with Crippen molar-refractivity contribution in [1.82, 2.24) is 9.97 Å². The minimum atomic E-state index is -4.56. The fourth-order valence-corrected chi connectivity index (χ4v) is 4.82. The van der Waals surface area contributed by atoms with E-state index >= 15 is 0 Å².